The molecule has 1 amide bonds. The number of anilines is 1. The Balaban J connectivity index is 1.45. The molecule has 5 nitrogen and oxygen atoms in total. The summed E-state index contributed by atoms with van der Waals surface area (Å²) in [7, 11) is 0. The van der Waals surface area contributed by atoms with Gasteiger partial charge in [0.25, 0.3) is 5.91 Å². The minimum atomic E-state index is -0.137. The maximum absolute atomic E-state index is 13.2. The van der Waals surface area contributed by atoms with E-state index in [0.717, 1.165) is 76.5 Å². The van der Waals surface area contributed by atoms with Crippen LogP contribution in [0.15, 0.2) is 72.8 Å². The van der Waals surface area contributed by atoms with Gasteiger partial charge in [-0.05, 0) is 79.9 Å². The summed E-state index contributed by atoms with van der Waals surface area (Å²) in [5.41, 5.74) is 9.93. The monoisotopic (exact) mass is 531 g/mol. The molecule has 2 N–H and O–H groups in total. The van der Waals surface area contributed by atoms with Crippen LogP contribution >= 0.6 is 0 Å². The highest BCUT2D eigenvalue weighted by molar-refractivity contribution is 6.36. The van der Waals surface area contributed by atoms with Crippen LogP contribution in [-0.2, 0) is 4.79 Å². The zero-order valence-electron chi connectivity index (χ0n) is 23.8. The van der Waals surface area contributed by atoms with Crippen LogP contribution < -0.4 is 5.32 Å². The van der Waals surface area contributed by atoms with Gasteiger partial charge in [-0.25, -0.2) is 0 Å². The first kappa shape index (κ1) is 27.4. The van der Waals surface area contributed by atoms with Crippen molar-refractivity contribution in [2.75, 3.05) is 25.0 Å². The summed E-state index contributed by atoms with van der Waals surface area (Å²) < 4.78 is 0. The van der Waals surface area contributed by atoms with Crippen molar-refractivity contribution in [3.05, 3.63) is 101 Å². The molecule has 0 spiro atoms. The Morgan fingerprint density at radius 3 is 2.23 bits per heavy atom. The number of benzene rings is 3. The summed E-state index contributed by atoms with van der Waals surface area (Å²) in [6, 6.07) is 24.7. The fourth-order valence-corrected chi connectivity index (χ4v) is 5.71. The van der Waals surface area contributed by atoms with Gasteiger partial charge in [0.1, 0.15) is 0 Å². The lowest BCUT2D eigenvalue weighted by molar-refractivity contribution is -0.110. The van der Waals surface area contributed by atoms with Gasteiger partial charge >= 0.3 is 0 Å². The topological polar surface area (TPSA) is 65.2 Å². The largest absolute Gasteiger partial charge is 0.358 e. The van der Waals surface area contributed by atoms with E-state index < -0.39 is 0 Å². The highest BCUT2D eigenvalue weighted by Gasteiger charge is 2.28. The molecule has 0 fully saturated rings. The van der Waals surface area contributed by atoms with Crippen molar-refractivity contribution >= 4 is 29.0 Å². The van der Waals surface area contributed by atoms with E-state index >= 15 is 0 Å². The minimum absolute atomic E-state index is 0.137. The van der Waals surface area contributed by atoms with E-state index in [1.807, 2.05) is 50.3 Å². The standard InChI is InChI=1S/C35H37N3O2/c1-5-38(6-2)21-11-16-32(39)33-23(3)31(36-24(33)4)22-29-34-28(14-10-15-30(34)37-35(29)40)27-19-17-26(18-20-27)25-12-8-7-9-13-25/h7-10,12-15,17-20,22,36H,5-6,11,16,21H2,1-4H3,(H,37,40)/b29-22-. The second kappa shape index (κ2) is 11.9. The zero-order chi connectivity index (χ0) is 28.2. The van der Waals surface area contributed by atoms with Gasteiger partial charge < -0.3 is 15.2 Å². The number of fused-ring (bicyclic) bond motifs is 1. The Kier molecular flexibility index (Phi) is 8.13. The third kappa shape index (κ3) is 5.43. The lowest BCUT2D eigenvalue weighted by atomic mass is 9.93. The molecule has 1 aliphatic heterocycles. The number of carbonyl (C=O) groups excluding carboxylic acids is 2. The SMILES string of the molecule is CCN(CC)CCCC(=O)c1c(C)[nH]c(/C=C2\C(=O)Nc3cccc(-c4ccc(-c5ccccc5)cc4)c32)c1C. The number of hydrogen-bond acceptors (Lipinski definition) is 3. The van der Waals surface area contributed by atoms with Gasteiger partial charge in [0.05, 0.1) is 5.57 Å². The molecule has 0 saturated heterocycles. The minimum Gasteiger partial charge on any atom is -0.358 e. The van der Waals surface area contributed by atoms with Gasteiger partial charge in [-0.15, -0.1) is 0 Å². The average molecular weight is 532 g/mol. The average Bonchev–Trinajstić information content (AvgIpc) is 3.45. The molecule has 5 rings (SSSR count). The van der Waals surface area contributed by atoms with Crippen molar-refractivity contribution < 1.29 is 9.59 Å². The predicted octanol–water partition coefficient (Wildman–Crippen LogP) is 7.76. The van der Waals surface area contributed by atoms with E-state index in [-0.39, 0.29) is 11.7 Å². The highest BCUT2D eigenvalue weighted by Crippen LogP contribution is 2.41. The van der Waals surface area contributed by atoms with E-state index in [1.165, 1.54) is 5.56 Å². The Morgan fingerprint density at radius 2 is 1.52 bits per heavy atom. The molecule has 5 heteroatoms. The van der Waals surface area contributed by atoms with E-state index in [9.17, 15) is 9.59 Å². The summed E-state index contributed by atoms with van der Waals surface area (Å²) >= 11 is 0. The van der Waals surface area contributed by atoms with Crippen LogP contribution in [0.2, 0.25) is 0 Å². The van der Waals surface area contributed by atoms with Crippen molar-refractivity contribution in [2.24, 2.45) is 0 Å². The van der Waals surface area contributed by atoms with E-state index in [2.05, 4.69) is 71.5 Å². The Labute approximate surface area is 236 Å². The Bertz CT molecular complexity index is 1560. The normalized spacial score (nSPS) is 13.6. The van der Waals surface area contributed by atoms with Crippen molar-refractivity contribution in [3.8, 4) is 22.3 Å². The van der Waals surface area contributed by atoms with E-state index in [1.54, 1.807) is 0 Å². The fourth-order valence-electron chi connectivity index (χ4n) is 5.71. The van der Waals surface area contributed by atoms with Gasteiger partial charge in [-0.1, -0.05) is 80.6 Å². The molecule has 1 aromatic heterocycles. The molecule has 4 aromatic rings. The summed E-state index contributed by atoms with van der Waals surface area (Å²) in [4.78, 5) is 32.1. The summed E-state index contributed by atoms with van der Waals surface area (Å²) in [5, 5.41) is 3.04. The molecule has 3 aromatic carbocycles. The van der Waals surface area contributed by atoms with Crippen LogP contribution in [0.4, 0.5) is 5.69 Å². The van der Waals surface area contributed by atoms with Crippen molar-refractivity contribution in [1.82, 2.24) is 9.88 Å². The fraction of sp³-hybridized carbons (Fsp3) is 0.257. The van der Waals surface area contributed by atoms with Gasteiger partial charge in [0, 0.05) is 34.6 Å². The molecule has 0 unspecified atom stereocenters. The molecule has 0 aliphatic carbocycles. The molecule has 0 saturated carbocycles. The van der Waals surface area contributed by atoms with E-state index in [4.69, 9.17) is 0 Å². The van der Waals surface area contributed by atoms with Crippen LogP contribution in [0.1, 0.15) is 59.6 Å². The molecule has 0 radical (unpaired) electrons. The van der Waals surface area contributed by atoms with Crippen LogP contribution in [0.3, 0.4) is 0 Å². The first-order chi connectivity index (χ1) is 19.4. The number of aromatic amines is 1. The number of aromatic nitrogens is 1. The Morgan fingerprint density at radius 1 is 0.850 bits per heavy atom. The molecule has 40 heavy (non-hydrogen) atoms. The second-order valence-corrected chi connectivity index (χ2v) is 10.4. The first-order valence-corrected chi connectivity index (χ1v) is 14.2. The van der Waals surface area contributed by atoms with Crippen LogP contribution in [0.25, 0.3) is 33.9 Å². The quantitative estimate of drug-likeness (QED) is 0.162. The number of Topliss-reactive ketones (excluding diaryl/α,β-unsaturated/α-hetero) is 1. The number of amides is 1. The van der Waals surface area contributed by atoms with Gasteiger partial charge in [-0.2, -0.15) is 0 Å². The molecule has 1 aliphatic rings. The second-order valence-electron chi connectivity index (χ2n) is 10.4. The van der Waals surface area contributed by atoms with Gasteiger partial charge in [0.2, 0.25) is 0 Å². The number of ketones is 1. The third-order valence-electron chi connectivity index (χ3n) is 7.95. The maximum Gasteiger partial charge on any atom is 0.256 e. The highest BCUT2D eigenvalue weighted by atomic mass is 16.2. The number of carbonyl (C=O) groups is 2. The van der Waals surface area contributed by atoms with Crippen molar-refractivity contribution in [3.63, 3.8) is 0 Å². The van der Waals surface area contributed by atoms with Gasteiger partial charge in [0.15, 0.2) is 5.78 Å². The molecule has 204 valence electrons. The molecular weight excluding hydrogens is 494 g/mol. The molecule has 2 heterocycles. The number of aryl methyl sites for hydroxylation is 1. The van der Waals surface area contributed by atoms with Crippen LogP contribution in [-0.4, -0.2) is 41.2 Å². The molecular formula is C35H37N3O2. The lowest BCUT2D eigenvalue weighted by Gasteiger charge is -2.17. The first-order valence-electron chi connectivity index (χ1n) is 14.2. The van der Waals surface area contributed by atoms with E-state index in [0.29, 0.717) is 12.0 Å². The van der Waals surface area contributed by atoms with Crippen molar-refractivity contribution in [1.29, 1.82) is 0 Å². The zero-order valence-corrected chi connectivity index (χ0v) is 23.8. The maximum atomic E-state index is 13.2. The number of nitrogens with one attached hydrogen (secondary N) is 2. The predicted molar refractivity (Wildman–Crippen MR) is 165 cm³/mol. The summed E-state index contributed by atoms with van der Waals surface area (Å²) in [5.74, 6) is 0.0145. The number of hydrogen-bond donors (Lipinski definition) is 2. The number of nitrogens with zero attached hydrogens (tertiary/aromatic N) is 1. The summed E-state index contributed by atoms with van der Waals surface area (Å²) in [6.45, 7) is 11.1. The summed E-state index contributed by atoms with van der Waals surface area (Å²) in [6.07, 6.45) is 3.25. The number of H-pyrrole nitrogens is 1. The third-order valence-corrected chi connectivity index (χ3v) is 7.95. The Hall–Kier alpha value is -4.22. The molecule has 0 atom stereocenters. The lowest BCUT2D eigenvalue weighted by Crippen LogP contribution is -2.24. The van der Waals surface area contributed by atoms with Gasteiger partial charge in [-0.3, -0.25) is 9.59 Å². The van der Waals surface area contributed by atoms with Crippen molar-refractivity contribution in [2.45, 2.75) is 40.5 Å². The smallest absolute Gasteiger partial charge is 0.256 e. The molecule has 0 bridgehead atoms. The van der Waals surface area contributed by atoms with Crippen LogP contribution in [0, 0.1) is 13.8 Å². The number of rotatable bonds is 10. The van der Waals surface area contributed by atoms with Crippen LogP contribution in [0.5, 0.6) is 0 Å².